The lowest BCUT2D eigenvalue weighted by Gasteiger charge is -2.25. The minimum absolute atomic E-state index is 0.142. The van der Waals surface area contributed by atoms with Crippen molar-refractivity contribution >= 4 is 5.91 Å². The molecule has 1 amide bonds. The van der Waals surface area contributed by atoms with Crippen LogP contribution in [0.25, 0.3) is 0 Å². The van der Waals surface area contributed by atoms with Gasteiger partial charge in [-0.25, -0.2) is 0 Å². The molecule has 22 heavy (non-hydrogen) atoms. The van der Waals surface area contributed by atoms with Gasteiger partial charge in [-0.15, -0.1) is 5.10 Å². The molecule has 1 aliphatic rings. The summed E-state index contributed by atoms with van der Waals surface area (Å²) in [6.07, 6.45) is 4.86. The van der Waals surface area contributed by atoms with Crippen molar-refractivity contribution < 1.29 is 13.9 Å². The second kappa shape index (κ2) is 7.19. The van der Waals surface area contributed by atoms with Gasteiger partial charge in [0.05, 0.1) is 38.1 Å². The van der Waals surface area contributed by atoms with Gasteiger partial charge >= 0.3 is 0 Å². The van der Waals surface area contributed by atoms with Gasteiger partial charge in [0.2, 0.25) is 0 Å². The number of morpholine rings is 1. The van der Waals surface area contributed by atoms with E-state index in [-0.39, 0.29) is 5.91 Å². The fourth-order valence-electron chi connectivity index (χ4n) is 2.30. The zero-order chi connectivity index (χ0) is 15.2. The maximum absolute atomic E-state index is 12.0. The second-order valence-corrected chi connectivity index (χ2v) is 5.11. The summed E-state index contributed by atoms with van der Waals surface area (Å²) in [7, 11) is 0. The molecule has 118 valence electrons. The minimum atomic E-state index is -0.142. The van der Waals surface area contributed by atoms with Gasteiger partial charge in [-0.1, -0.05) is 5.21 Å². The van der Waals surface area contributed by atoms with Crippen LogP contribution in [0.15, 0.2) is 29.1 Å². The monoisotopic (exact) mass is 305 g/mol. The molecule has 1 aliphatic heterocycles. The van der Waals surface area contributed by atoms with Gasteiger partial charge in [0.1, 0.15) is 12.0 Å². The topological polar surface area (TPSA) is 85.4 Å². The van der Waals surface area contributed by atoms with E-state index in [1.54, 1.807) is 23.1 Å². The Balaban J connectivity index is 1.46. The van der Waals surface area contributed by atoms with E-state index in [0.717, 1.165) is 32.1 Å². The average molecular weight is 305 g/mol. The largest absolute Gasteiger partial charge is 0.467 e. The van der Waals surface area contributed by atoms with Crippen LogP contribution in [0, 0.1) is 0 Å². The molecule has 0 unspecified atom stereocenters. The summed E-state index contributed by atoms with van der Waals surface area (Å²) in [5, 5.41) is 10.4. The molecule has 2 aromatic rings. The standard InChI is InChI=1S/C14H19N5O3/c20-14(15-1-3-19-4-2-16-17-19)12-9-13(22-11-12)10-18-5-7-21-8-6-18/h2,4,9,11H,1,3,5-8,10H2,(H,15,20). The molecule has 0 aliphatic carbocycles. The second-order valence-electron chi connectivity index (χ2n) is 5.11. The van der Waals surface area contributed by atoms with Gasteiger partial charge in [0, 0.05) is 25.8 Å². The molecule has 0 bridgehead atoms. The number of aromatic nitrogens is 3. The number of ether oxygens (including phenoxy) is 1. The van der Waals surface area contributed by atoms with Gasteiger partial charge in [-0.3, -0.25) is 14.4 Å². The number of hydrogen-bond donors (Lipinski definition) is 1. The van der Waals surface area contributed by atoms with Crippen molar-refractivity contribution in [2.24, 2.45) is 0 Å². The average Bonchev–Trinajstić information content (AvgIpc) is 3.20. The predicted octanol–water partition coefficient (Wildman–Crippen LogP) is 0.133. The number of nitrogens with one attached hydrogen (secondary N) is 1. The first kappa shape index (κ1) is 14.7. The van der Waals surface area contributed by atoms with Crippen LogP contribution >= 0.6 is 0 Å². The Bertz CT molecular complexity index is 589. The van der Waals surface area contributed by atoms with Crippen LogP contribution in [0.5, 0.6) is 0 Å². The highest BCUT2D eigenvalue weighted by atomic mass is 16.5. The van der Waals surface area contributed by atoms with Crippen molar-refractivity contribution in [2.45, 2.75) is 13.1 Å². The van der Waals surface area contributed by atoms with Gasteiger partial charge in [-0.2, -0.15) is 0 Å². The third-order valence-corrected chi connectivity index (χ3v) is 3.50. The molecule has 1 fully saturated rings. The molecule has 0 radical (unpaired) electrons. The van der Waals surface area contributed by atoms with Crippen LogP contribution in [0.1, 0.15) is 16.1 Å². The Morgan fingerprint density at radius 3 is 3.00 bits per heavy atom. The molecular weight excluding hydrogens is 286 g/mol. The van der Waals surface area contributed by atoms with Crippen LogP contribution in [0.3, 0.4) is 0 Å². The normalized spacial score (nSPS) is 15.8. The van der Waals surface area contributed by atoms with Gasteiger partial charge < -0.3 is 14.5 Å². The Morgan fingerprint density at radius 1 is 1.36 bits per heavy atom. The van der Waals surface area contributed by atoms with E-state index in [1.165, 1.54) is 6.26 Å². The third-order valence-electron chi connectivity index (χ3n) is 3.50. The van der Waals surface area contributed by atoms with Gasteiger partial charge in [0.25, 0.3) is 5.91 Å². The first-order valence-electron chi connectivity index (χ1n) is 7.31. The van der Waals surface area contributed by atoms with Gasteiger partial charge in [0.15, 0.2) is 0 Å². The van der Waals surface area contributed by atoms with Crippen molar-refractivity contribution in [3.63, 3.8) is 0 Å². The summed E-state index contributed by atoms with van der Waals surface area (Å²) in [6, 6.07) is 1.79. The van der Waals surface area contributed by atoms with E-state index in [4.69, 9.17) is 9.15 Å². The van der Waals surface area contributed by atoms with Crippen molar-refractivity contribution in [2.75, 3.05) is 32.8 Å². The highest BCUT2D eigenvalue weighted by molar-refractivity contribution is 5.93. The number of carbonyl (C=O) groups is 1. The van der Waals surface area contributed by atoms with Crippen LogP contribution in [-0.4, -0.2) is 58.6 Å². The summed E-state index contributed by atoms with van der Waals surface area (Å²) in [5.74, 6) is 0.653. The zero-order valence-corrected chi connectivity index (χ0v) is 12.3. The SMILES string of the molecule is O=C(NCCn1ccnn1)c1coc(CN2CCOCC2)c1. The predicted molar refractivity (Wildman–Crippen MR) is 77.2 cm³/mol. The molecular formula is C14H19N5O3. The van der Waals surface area contributed by atoms with E-state index in [9.17, 15) is 4.79 Å². The first-order chi connectivity index (χ1) is 10.8. The molecule has 0 saturated carbocycles. The number of rotatable bonds is 6. The molecule has 0 atom stereocenters. The molecule has 3 rings (SSSR count). The maximum atomic E-state index is 12.0. The van der Waals surface area contributed by atoms with Crippen LogP contribution in [0.2, 0.25) is 0 Å². The summed E-state index contributed by atoms with van der Waals surface area (Å²) < 4.78 is 12.4. The molecule has 2 aromatic heterocycles. The fourth-order valence-corrected chi connectivity index (χ4v) is 2.30. The van der Waals surface area contributed by atoms with Crippen LogP contribution in [-0.2, 0) is 17.8 Å². The fraction of sp³-hybridized carbons (Fsp3) is 0.500. The number of amides is 1. The van der Waals surface area contributed by atoms with Crippen molar-refractivity contribution in [3.8, 4) is 0 Å². The lowest BCUT2D eigenvalue weighted by Crippen LogP contribution is -2.35. The van der Waals surface area contributed by atoms with Crippen LogP contribution in [0.4, 0.5) is 0 Å². The van der Waals surface area contributed by atoms with E-state index < -0.39 is 0 Å². The van der Waals surface area contributed by atoms with E-state index in [2.05, 4.69) is 20.5 Å². The summed E-state index contributed by atoms with van der Waals surface area (Å²) in [6.45, 7) is 5.05. The first-order valence-corrected chi connectivity index (χ1v) is 7.31. The number of furan rings is 1. The Labute approximate surface area is 128 Å². The molecule has 3 heterocycles. The van der Waals surface area contributed by atoms with Crippen molar-refractivity contribution in [1.29, 1.82) is 0 Å². The Hall–Kier alpha value is -2.19. The molecule has 1 N–H and O–H groups in total. The molecule has 0 aromatic carbocycles. The van der Waals surface area contributed by atoms with Crippen molar-refractivity contribution in [1.82, 2.24) is 25.2 Å². The highest BCUT2D eigenvalue weighted by Gasteiger charge is 2.15. The summed E-state index contributed by atoms with van der Waals surface area (Å²) in [5.41, 5.74) is 0.543. The summed E-state index contributed by atoms with van der Waals surface area (Å²) in [4.78, 5) is 14.3. The van der Waals surface area contributed by atoms with Crippen molar-refractivity contribution in [3.05, 3.63) is 36.0 Å². The maximum Gasteiger partial charge on any atom is 0.254 e. The lowest BCUT2D eigenvalue weighted by atomic mass is 10.2. The molecule has 1 saturated heterocycles. The lowest BCUT2D eigenvalue weighted by molar-refractivity contribution is 0.0313. The van der Waals surface area contributed by atoms with Gasteiger partial charge in [-0.05, 0) is 6.07 Å². The smallest absolute Gasteiger partial charge is 0.254 e. The quantitative estimate of drug-likeness (QED) is 0.817. The zero-order valence-electron chi connectivity index (χ0n) is 12.3. The van der Waals surface area contributed by atoms with Crippen LogP contribution < -0.4 is 5.32 Å². The number of carbonyl (C=O) groups excluding carboxylic acids is 1. The molecule has 8 nitrogen and oxygen atoms in total. The number of nitrogens with zero attached hydrogens (tertiary/aromatic N) is 4. The Morgan fingerprint density at radius 2 is 2.23 bits per heavy atom. The minimum Gasteiger partial charge on any atom is -0.467 e. The Kier molecular flexibility index (Phi) is 4.81. The van der Waals surface area contributed by atoms with E-state index >= 15 is 0 Å². The molecule has 8 heteroatoms. The highest BCUT2D eigenvalue weighted by Crippen LogP contribution is 2.11. The number of hydrogen-bond acceptors (Lipinski definition) is 6. The third kappa shape index (κ3) is 3.92. The molecule has 0 spiro atoms. The van der Waals surface area contributed by atoms with E-state index in [0.29, 0.717) is 25.2 Å². The summed E-state index contributed by atoms with van der Waals surface area (Å²) >= 11 is 0. The van der Waals surface area contributed by atoms with E-state index in [1.807, 2.05) is 0 Å².